The zero-order chi connectivity index (χ0) is 18.4. The minimum atomic E-state index is -0.825. The number of aliphatic carboxylic acids is 1. The molecule has 1 fully saturated rings. The van der Waals surface area contributed by atoms with Gasteiger partial charge in [0.25, 0.3) is 0 Å². The quantitative estimate of drug-likeness (QED) is 0.838. The summed E-state index contributed by atoms with van der Waals surface area (Å²) in [6.07, 6.45) is 1.31. The number of carbonyl (C=O) groups excluding carboxylic acids is 1. The van der Waals surface area contributed by atoms with Crippen molar-refractivity contribution in [3.8, 4) is 0 Å². The summed E-state index contributed by atoms with van der Waals surface area (Å²) in [4.78, 5) is 24.9. The number of nitrogens with zero attached hydrogens (tertiary/aromatic N) is 1. The molecular formula is C21H24N2O3. The van der Waals surface area contributed by atoms with E-state index in [9.17, 15) is 9.59 Å². The van der Waals surface area contributed by atoms with Gasteiger partial charge in [0.2, 0.25) is 0 Å². The van der Waals surface area contributed by atoms with Crippen molar-refractivity contribution in [2.24, 2.45) is 5.92 Å². The lowest BCUT2D eigenvalue weighted by Gasteiger charge is -2.20. The summed E-state index contributed by atoms with van der Waals surface area (Å²) in [6.45, 7) is 1.34. The van der Waals surface area contributed by atoms with E-state index in [1.54, 1.807) is 4.90 Å². The van der Waals surface area contributed by atoms with Crippen LogP contribution in [0.5, 0.6) is 0 Å². The Bertz CT molecular complexity index is 694. The molecule has 2 amide bonds. The third kappa shape index (κ3) is 4.42. The number of hydrogen-bond acceptors (Lipinski definition) is 2. The number of benzene rings is 2. The first-order valence-electron chi connectivity index (χ1n) is 9.00. The molecule has 2 aromatic rings. The van der Waals surface area contributed by atoms with Crippen molar-refractivity contribution in [1.29, 1.82) is 0 Å². The van der Waals surface area contributed by atoms with Crippen LogP contribution in [0.15, 0.2) is 60.7 Å². The molecule has 3 rings (SSSR count). The van der Waals surface area contributed by atoms with Crippen LogP contribution in [0.1, 0.15) is 29.9 Å². The molecule has 0 saturated carbocycles. The van der Waals surface area contributed by atoms with Gasteiger partial charge >= 0.3 is 12.0 Å². The van der Waals surface area contributed by atoms with Crippen LogP contribution in [-0.4, -0.2) is 41.6 Å². The highest BCUT2D eigenvalue weighted by molar-refractivity contribution is 5.77. The molecule has 2 N–H and O–H groups in total. The van der Waals surface area contributed by atoms with Crippen LogP contribution in [0, 0.1) is 5.92 Å². The molecule has 26 heavy (non-hydrogen) atoms. The molecule has 136 valence electrons. The van der Waals surface area contributed by atoms with E-state index < -0.39 is 11.9 Å². The molecule has 1 aliphatic heterocycles. The smallest absolute Gasteiger partial charge is 0.317 e. The molecule has 1 saturated heterocycles. The van der Waals surface area contributed by atoms with Crippen molar-refractivity contribution in [1.82, 2.24) is 10.2 Å². The van der Waals surface area contributed by atoms with Gasteiger partial charge < -0.3 is 15.3 Å². The normalized spacial score (nSPS) is 16.7. The van der Waals surface area contributed by atoms with E-state index in [1.165, 1.54) is 11.1 Å². The number of carboxylic acids is 1. The lowest BCUT2D eigenvalue weighted by molar-refractivity contribution is -0.141. The molecule has 0 aromatic heterocycles. The first kappa shape index (κ1) is 18.0. The number of carboxylic acid groups (broad SMARTS) is 1. The maximum atomic E-state index is 12.3. The van der Waals surface area contributed by atoms with Crippen molar-refractivity contribution in [3.63, 3.8) is 0 Å². The summed E-state index contributed by atoms with van der Waals surface area (Å²) in [5.74, 6) is -1.06. The van der Waals surface area contributed by atoms with Crippen LogP contribution in [0.2, 0.25) is 0 Å². The van der Waals surface area contributed by atoms with Crippen LogP contribution in [-0.2, 0) is 4.79 Å². The first-order valence-corrected chi connectivity index (χ1v) is 9.00. The average Bonchev–Trinajstić information content (AvgIpc) is 3.17. The fourth-order valence-corrected chi connectivity index (χ4v) is 3.48. The standard InChI is InChI=1S/C21H24N2O3/c24-20(25)18-12-14-23(15-18)21(26)22-13-11-19(16-7-3-1-4-8-16)17-9-5-2-6-10-17/h1-10,18-19H,11-15H2,(H,22,26)(H,24,25). The lowest BCUT2D eigenvalue weighted by Crippen LogP contribution is -2.39. The summed E-state index contributed by atoms with van der Waals surface area (Å²) < 4.78 is 0. The van der Waals surface area contributed by atoms with Crippen LogP contribution >= 0.6 is 0 Å². The first-order chi connectivity index (χ1) is 12.6. The molecular weight excluding hydrogens is 328 g/mol. The molecule has 1 aliphatic rings. The fourth-order valence-electron chi connectivity index (χ4n) is 3.48. The number of rotatable bonds is 6. The summed E-state index contributed by atoms with van der Waals surface area (Å²) in [5.41, 5.74) is 2.44. The number of carbonyl (C=O) groups is 2. The Labute approximate surface area is 153 Å². The topological polar surface area (TPSA) is 69.6 Å². The minimum absolute atomic E-state index is 0.173. The monoisotopic (exact) mass is 352 g/mol. The summed E-state index contributed by atoms with van der Waals surface area (Å²) in [6, 6.07) is 20.4. The van der Waals surface area contributed by atoms with Crippen LogP contribution in [0.4, 0.5) is 4.79 Å². The fraction of sp³-hybridized carbons (Fsp3) is 0.333. The Hall–Kier alpha value is -2.82. The van der Waals surface area contributed by atoms with Crippen molar-refractivity contribution in [2.45, 2.75) is 18.8 Å². The van der Waals surface area contributed by atoms with E-state index >= 15 is 0 Å². The number of hydrogen-bond donors (Lipinski definition) is 2. The van der Waals surface area contributed by atoms with Crippen molar-refractivity contribution in [2.75, 3.05) is 19.6 Å². The van der Waals surface area contributed by atoms with Crippen molar-refractivity contribution < 1.29 is 14.7 Å². The van der Waals surface area contributed by atoms with Gasteiger partial charge in [0.05, 0.1) is 5.92 Å². The van der Waals surface area contributed by atoms with Gasteiger partial charge in [-0.2, -0.15) is 0 Å². The summed E-state index contributed by atoms with van der Waals surface area (Å²) in [5, 5.41) is 12.0. The summed E-state index contributed by atoms with van der Waals surface area (Å²) in [7, 11) is 0. The number of urea groups is 1. The Balaban J connectivity index is 1.59. The molecule has 5 heteroatoms. The number of likely N-dealkylation sites (tertiary alicyclic amines) is 1. The Morgan fingerprint density at radius 3 is 2.12 bits per heavy atom. The van der Waals surface area contributed by atoms with Gasteiger partial charge in [-0.1, -0.05) is 60.7 Å². The molecule has 1 heterocycles. The second kappa shape index (κ2) is 8.52. The molecule has 0 aliphatic carbocycles. The molecule has 2 aromatic carbocycles. The van der Waals surface area contributed by atoms with E-state index in [1.807, 2.05) is 36.4 Å². The van der Waals surface area contributed by atoms with Gasteiger partial charge in [-0.05, 0) is 24.0 Å². The molecule has 0 bridgehead atoms. The van der Waals surface area contributed by atoms with Crippen molar-refractivity contribution in [3.05, 3.63) is 71.8 Å². The second-order valence-corrected chi connectivity index (χ2v) is 6.66. The highest BCUT2D eigenvalue weighted by atomic mass is 16.4. The Morgan fingerprint density at radius 1 is 1.04 bits per heavy atom. The van der Waals surface area contributed by atoms with Gasteiger partial charge in [-0.15, -0.1) is 0 Å². The van der Waals surface area contributed by atoms with E-state index in [4.69, 9.17) is 5.11 Å². The van der Waals surface area contributed by atoms with E-state index in [0.29, 0.717) is 26.1 Å². The third-order valence-electron chi connectivity index (χ3n) is 4.94. The zero-order valence-corrected chi connectivity index (χ0v) is 14.7. The van der Waals surface area contributed by atoms with Gasteiger partial charge in [0.15, 0.2) is 0 Å². The predicted octanol–water partition coefficient (Wildman–Crippen LogP) is 3.32. The Kier molecular flexibility index (Phi) is 5.89. The molecule has 0 radical (unpaired) electrons. The predicted molar refractivity (Wildman–Crippen MR) is 100 cm³/mol. The van der Waals surface area contributed by atoms with E-state index in [0.717, 1.165) is 6.42 Å². The van der Waals surface area contributed by atoms with Gasteiger partial charge in [0, 0.05) is 25.6 Å². The molecule has 0 spiro atoms. The average molecular weight is 352 g/mol. The van der Waals surface area contributed by atoms with Crippen molar-refractivity contribution >= 4 is 12.0 Å². The maximum absolute atomic E-state index is 12.3. The SMILES string of the molecule is O=C(O)C1CCN(C(=O)NCCC(c2ccccc2)c2ccccc2)C1. The van der Waals surface area contributed by atoms with Gasteiger partial charge in [-0.25, -0.2) is 4.79 Å². The van der Waals surface area contributed by atoms with Crippen LogP contribution in [0.3, 0.4) is 0 Å². The maximum Gasteiger partial charge on any atom is 0.317 e. The van der Waals surface area contributed by atoms with Crippen LogP contribution in [0.25, 0.3) is 0 Å². The molecule has 5 nitrogen and oxygen atoms in total. The van der Waals surface area contributed by atoms with Gasteiger partial charge in [-0.3, -0.25) is 4.79 Å². The lowest BCUT2D eigenvalue weighted by atomic mass is 9.88. The number of nitrogens with one attached hydrogen (secondary N) is 1. The minimum Gasteiger partial charge on any atom is -0.481 e. The molecule has 1 unspecified atom stereocenters. The summed E-state index contributed by atoms with van der Waals surface area (Å²) >= 11 is 0. The van der Waals surface area contributed by atoms with Gasteiger partial charge in [0.1, 0.15) is 0 Å². The van der Waals surface area contributed by atoms with E-state index in [2.05, 4.69) is 29.6 Å². The highest BCUT2D eigenvalue weighted by Gasteiger charge is 2.30. The largest absolute Gasteiger partial charge is 0.481 e. The number of amides is 2. The molecule has 1 atom stereocenters. The Morgan fingerprint density at radius 2 is 1.62 bits per heavy atom. The third-order valence-corrected chi connectivity index (χ3v) is 4.94. The zero-order valence-electron chi connectivity index (χ0n) is 14.7. The van der Waals surface area contributed by atoms with E-state index in [-0.39, 0.29) is 11.9 Å². The second-order valence-electron chi connectivity index (χ2n) is 6.66. The van der Waals surface area contributed by atoms with Crippen LogP contribution < -0.4 is 5.32 Å². The highest BCUT2D eigenvalue weighted by Crippen LogP contribution is 2.27.